The van der Waals surface area contributed by atoms with Crippen LogP contribution in [-0.2, 0) is 19.5 Å². The van der Waals surface area contributed by atoms with Crippen LogP contribution in [0.15, 0.2) is 30.3 Å². The molecule has 0 aliphatic carbocycles. The summed E-state index contributed by atoms with van der Waals surface area (Å²) >= 11 is 0. The summed E-state index contributed by atoms with van der Waals surface area (Å²) in [6.45, 7) is 3.94. The Morgan fingerprint density at radius 2 is 1.84 bits per heavy atom. The van der Waals surface area contributed by atoms with Crippen molar-refractivity contribution in [1.29, 1.82) is 0 Å². The van der Waals surface area contributed by atoms with E-state index in [1.165, 1.54) is 11.1 Å². The van der Waals surface area contributed by atoms with Crippen molar-refractivity contribution in [2.75, 3.05) is 17.3 Å². The number of aryl methyl sites for hydroxylation is 1. The van der Waals surface area contributed by atoms with Gasteiger partial charge in [0.25, 0.3) is 0 Å². The second kappa shape index (κ2) is 4.88. The second-order valence-electron chi connectivity index (χ2n) is 4.76. The molecule has 19 heavy (non-hydrogen) atoms. The van der Waals surface area contributed by atoms with Gasteiger partial charge in [-0.25, -0.2) is 9.97 Å². The van der Waals surface area contributed by atoms with Crippen LogP contribution in [0.1, 0.15) is 23.9 Å². The van der Waals surface area contributed by atoms with Gasteiger partial charge in [0.15, 0.2) is 0 Å². The van der Waals surface area contributed by atoms with Crippen molar-refractivity contribution in [2.24, 2.45) is 0 Å². The number of fused-ring (bicyclic) bond motifs is 1. The smallest absolute Gasteiger partial charge is 0.135 e. The largest absolute Gasteiger partial charge is 0.373 e. The van der Waals surface area contributed by atoms with E-state index >= 15 is 0 Å². The highest BCUT2D eigenvalue weighted by Gasteiger charge is 2.20. The molecule has 0 atom stereocenters. The molecule has 0 saturated heterocycles. The molecule has 2 heterocycles. The molecule has 1 aliphatic heterocycles. The van der Waals surface area contributed by atoms with Gasteiger partial charge in [-0.2, -0.15) is 0 Å². The zero-order chi connectivity index (χ0) is 13.2. The lowest BCUT2D eigenvalue weighted by molar-refractivity contribution is 0.830. The van der Waals surface area contributed by atoms with E-state index in [4.69, 9.17) is 0 Å². The molecule has 4 heteroatoms. The van der Waals surface area contributed by atoms with Crippen LogP contribution in [0.25, 0.3) is 0 Å². The highest BCUT2D eigenvalue weighted by atomic mass is 15.2. The lowest BCUT2D eigenvalue weighted by Crippen LogP contribution is -2.17. The lowest BCUT2D eigenvalue weighted by atomic mass is 10.1. The van der Waals surface area contributed by atoms with Crippen molar-refractivity contribution in [3.63, 3.8) is 0 Å². The monoisotopic (exact) mass is 254 g/mol. The Morgan fingerprint density at radius 3 is 2.42 bits per heavy atom. The maximum atomic E-state index is 4.64. The molecule has 2 aromatic rings. The van der Waals surface area contributed by atoms with Crippen LogP contribution in [0.4, 0.5) is 11.6 Å². The summed E-state index contributed by atoms with van der Waals surface area (Å²) in [5.74, 6) is 2.78. The maximum Gasteiger partial charge on any atom is 0.135 e. The number of aromatic nitrogens is 2. The zero-order valence-corrected chi connectivity index (χ0v) is 11.3. The standard InChI is InChI=1S/C15H18N4/c1-3-13-17-14(16-2)8-15(18-13)19-9-11-6-4-5-7-12(11)10-19/h4-8H,3,9-10H2,1-2H3,(H,16,17,18). The Balaban J connectivity index is 1.92. The summed E-state index contributed by atoms with van der Waals surface area (Å²) in [6.07, 6.45) is 0.851. The summed E-state index contributed by atoms with van der Waals surface area (Å²) in [7, 11) is 1.89. The van der Waals surface area contributed by atoms with E-state index in [-0.39, 0.29) is 0 Å². The van der Waals surface area contributed by atoms with Gasteiger partial charge in [-0.05, 0) is 11.1 Å². The molecule has 0 unspecified atom stereocenters. The van der Waals surface area contributed by atoms with E-state index < -0.39 is 0 Å². The van der Waals surface area contributed by atoms with E-state index in [1.54, 1.807) is 0 Å². The third-order valence-corrected chi connectivity index (χ3v) is 3.50. The molecule has 1 aliphatic rings. The molecule has 3 rings (SSSR count). The SMILES string of the molecule is CCc1nc(NC)cc(N2Cc3ccccc3C2)n1. The summed E-state index contributed by atoms with van der Waals surface area (Å²) < 4.78 is 0. The van der Waals surface area contributed by atoms with Gasteiger partial charge in [-0.3, -0.25) is 0 Å². The number of nitrogens with one attached hydrogen (secondary N) is 1. The fourth-order valence-corrected chi connectivity index (χ4v) is 2.43. The van der Waals surface area contributed by atoms with E-state index in [0.717, 1.165) is 37.0 Å². The first kappa shape index (κ1) is 12.0. The van der Waals surface area contributed by atoms with Gasteiger partial charge >= 0.3 is 0 Å². The van der Waals surface area contributed by atoms with Gasteiger partial charge in [0.1, 0.15) is 17.5 Å². The molecular formula is C15H18N4. The van der Waals surface area contributed by atoms with Gasteiger partial charge in [0.2, 0.25) is 0 Å². The fraction of sp³-hybridized carbons (Fsp3) is 0.333. The number of benzene rings is 1. The molecule has 4 nitrogen and oxygen atoms in total. The highest BCUT2D eigenvalue weighted by Crippen LogP contribution is 2.27. The minimum Gasteiger partial charge on any atom is -0.373 e. The fourth-order valence-electron chi connectivity index (χ4n) is 2.43. The van der Waals surface area contributed by atoms with Crippen molar-refractivity contribution in [2.45, 2.75) is 26.4 Å². The molecular weight excluding hydrogens is 236 g/mol. The van der Waals surface area contributed by atoms with Crippen LogP contribution >= 0.6 is 0 Å². The van der Waals surface area contributed by atoms with E-state index in [0.29, 0.717) is 0 Å². The summed E-state index contributed by atoms with van der Waals surface area (Å²) in [4.78, 5) is 11.4. The molecule has 0 radical (unpaired) electrons. The molecule has 1 aromatic carbocycles. The summed E-state index contributed by atoms with van der Waals surface area (Å²) in [5.41, 5.74) is 2.79. The minimum atomic E-state index is 0.851. The normalized spacial score (nSPS) is 13.5. The molecule has 98 valence electrons. The molecule has 1 aromatic heterocycles. The number of nitrogens with zero attached hydrogens (tertiary/aromatic N) is 3. The number of hydrogen-bond acceptors (Lipinski definition) is 4. The predicted molar refractivity (Wildman–Crippen MR) is 77.3 cm³/mol. The Hall–Kier alpha value is -2.10. The van der Waals surface area contributed by atoms with Crippen molar-refractivity contribution in [3.8, 4) is 0 Å². The van der Waals surface area contributed by atoms with Crippen LogP contribution in [0.5, 0.6) is 0 Å². The molecule has 0 bridgehead atoms. The Morgan fingerprint density at radius 1 is 1.16 bits per heavy atom. The van der Waals surface area contributed by atoms with Crippen LogP contribution in [-0.4, -0.2) is 17.0 Å². The quantitative estimate of drug-likeness (QED) is 0.914. The van der Waals surface area contributed by atoms with Crippen molar-refractivity contribution in [3.05, 3.63) is 47.3 Å². The van der Waals surface area contributed by atoms with E-state index in [1.807, 2.05) is 13.1 Å². The van der Waals surface area contributed by atoms with Crippen molar-refractivity contribution < 1.29 is 0 Å². The van der Waals surface area contributed by atoms with Crippen molar-refractivity contribution in [1.82, 2.24) is 9.97 Å². The van der Waals surface area contributed by atoms with Crippen LogP contribution in [0.3, 0.4) is 0 Å². The Labute approximate surface area is 113 Å². The average Bonchev–Trinajstić information content (AvgIpc) is 2.90. The van der Waals surface area contributed by atoms with Gasteiger partial charge in [-0.1, -0.05) is 31.2 Å². The first-order valence-electron chi connectivity index (χ1n) is 6.67. The van der Waals surface area contributed by atoms with Crippen molar-refractivity contribution >= 4 is 11.6 Å². The third-order valence-electron chi connectivity index (χ3n) is 3.50. The number of anilines is 2. The number of rotatable bonds is 3. The predicted octanol–water partition coefficient (Wildman–Crippen LogP) is 2.60. The summed E-state index contributed by atoms with van der Waals surface area (Å²) in [6, 6.07) is 10.6. The molecule has 1 N–H and O–H groups in total. The lowest BCUT2D eigenvalue weighted by Gasteiger charge is -2.18. The van der Waals surface area contributed by atoms with Gasteiger partial charge in [0, 0.05) is 32.6 Å². The molecule has 0 amide bonds. The summed E-state index contributed by atoms with van der Waals surface area (Å²) in [5, 5.41) is 3.11. The third kappa shape index (κ3) is 2.26. The molecule has 0 spiro atoms. The second-order valence-corrected chi connectivity index (χ2v) is 4.76. The first-order valence-corrected chi connectivity index (χ1v) is 6.67. The van der Waals surface area contributed by atoms with E-state index in [2.05, 4.69) is 51.4 Å². The zero-order valence-electron chi connectivity index (χ0n) is 11.3. The van der Waals surface area contributed by atoms with Crippen LogP contribution in [0, 0.1) is 0 Å². The maximum absolute atomic E-state index is 4.64. The molecule has 0 fully saturated rings. The van der Waals surface area contributed by atoms with E-state index in [9.17, 15) is 0 Å². The topological polar surface area (TPSA) is 41.1 Å². The van der Waals surface area contributed by atoms with Gasteiger partial charge in [0.05, 0.1) is 0 Å². The van der Waals surface area contributed by atoms with Crippen LogP contribution in [0.2, 0.25) is 0 Å². The minimum absolute atomic E-state index is 0.851. The van der Waals surface area contributed by atoms with Gasteiger partial charge in [-0.15, -0.1) is 0 Å². The molecule has 0 saturated carbocycles. The number of hydrogen-bond donors (Lipinski definition) is 1. The Kier molecular flexibility index (Phi) is 3.07. The van der Waals surface area contributed by atoms with Crippen LogP contribution < -0.4 is 10.2 Å². The highest BCUT2D eigenvalue weighted by molar-refractivity contribution is 5.52. The van der Waals surface area contributed by atoms with Gasteiger partial charge < -0.3 is 10.2 Å². The first-order chi connectivity index (χ1) is 9.30. The average molecular weight is 254 g/mol. The Bertz CT molecular complexity index is 547.